The minimum absolute atomic E-state index is 0.161. The van der Waals surface area contributed by atoms with Crippen LogP contribution in [0.4, 0.5) is 4.79 Å². The highest BCUT2D eigenvalue weighted by Crippen LogP contribution is 2.25. The summed E-state index contributed by atoms with van der Waals surface area (Å²) in [6.07, 6.45) is 8.06. The molecule has 5 nitrogen and oxygen atoms in total. The van der Waals surface area contributed by atoms with E-state index in [-0.39, 0.29) is 12.1 Å². The molecule has 5 heteroatoms. The molecular formula is C17H32N2O3. The average Bonchev–Trinajstić information content (AvgIpc) is 2.84. The van der Waals surface area contributed by atoms with Crippen molar-refractivity contribution in [3.05, 3.63) is 0 Å². The molecule has 0 heterocycles. The summed E-state index contributed by atoms with van der Waals surface area (Å²) >= 11 is 0. The van der Waals surface area contributed by atoms with E-state index in [1.165, 1.54) is 12.8 Å². The fourth-order valence-electron chi connectivity index (χ4n) is 3.64. The van der Waals surface area contributed by atoms with Crippen LogP contribution in [-0.4, -0.2) is 43.0 Å². The number of rotatable bonds is 4. The Balaban J connectivity index is 1.86. The van der Waals surface area contributed by atoms with Crippen LogP contribution in [0.3, 0.4) is 0 Å². The van der Waals surface area contributed by atoms with Crippen molar-refractivity contribution in [1.29, 1.82) is 0 Å². The first-order valence-electron chi connectivity index (χ1n) is 8.67. The molecule has 2 N–H and O–H groups in total. The molecule has 4 unspecified atom stereocenters. The third kappa shape index (κ3) is 5.13. The molecule has 0 saturated heterocycles. The molecule has 0 aromatic carbocycles. The molecule has 2 rings (SSSR count). The second-order valence-corrected chi connectivity index (χ2v) is 7.62. The Morgan fingerprint density at radius 2 is 1.59 bits per heavy atom. The van der Waals surface area contributed by atoms with Crippen LogP contribution >= 0.6 is 0 Å². The number of nitrogens with one attached hydrogen (secondary N) is 2. The zero-order valence-electron chi connectivity index (χ0n) is 14.5. The van der Waals surface area contributed by atoms with Crippen molar-refractivity contribution in [2.45, 2.75) is 95.5 Å². The molecular weight excluding hydrogens is 280 g/mol. The first-order chi connectivity index (χ1) is 10.4. The van der Waals surface area contributed by atoms with E-state index in [1.54, 1.807) is 7.11 Å². The Morgan fingerprint density at radius 1 is 0.955 bits per heavy atom. The van der Waals surface area contributed by atoms with E-state index < -0.39 is 5.60 Å². The van der Waals surface area contributed by atoms with E-state index >= 15 is 0 Å². The second kappa shape index (κ2) is 7.64. The molecule has 1 amide bonds. The molecule has 2 saturated carbocycles. The highest BCUT2D eigenvalue weighted by Gasteiger charge is 2.34. The van der Waals surface area contributed by atoms with Gasteiger partial charge in [0.15, 0.2) is 0 Å². The number of hydrogen-bond acceptors (Lipinski definition) is 4. The molecule has 0 bridgehead atoms. The van der Waals surface area contributed by atoms with Gasteiger partial charge in [0.1, 0.15) is 5.60 Å². The van der Waals surface area contributed by atoms with Crippen molar-refractivity contribution >= 4 is 6.09 Å². The van der Waals surface area contributed by atoms with E-state index in [1.807, 2.05) is 20.8 Å². The standard InChI is InChI=1S/C17H32N2O3/c1-17(2,3)22-16(20)19-13-10-7-9-12(13)18-14-8-5-6-11-15(14)21-4/h12-15,18H,5-11H2,1-4H3,(H,19,20). The summed E-state index contributed by atoms with van der Waals surface area (Å²) in [4.78, 5) is 12.0. The topological polar surface area (TPSA) is 59.6 Å². The van der Waals surface area contributed by atoms with Gasteiger partial charge < -0.3 is 20.1 Å². The van der Waals surface area contributed by atoms with Gasteiger partial charge >= 0.3 is 6.09 Å². The van der Waals surface area contributed by atoms with Crippen LogP contribution in [0.25, 0.3) is 0 Å². The van der Waals surface area contributed by atoms with Crippen molar-refractivity contribution in [2.75, 3.05) is 7.11 Å². The Morgan fingerprint density at radius 3 is 2.27 bits per heavy atom. The Hall–Kier alpha value is -0.810. The third-order valence-electron chi connectivity index (χ3n) is 4.65. The highest BCUT2D eigenvalue weighted by atomic mass is 16.6. The van der Waals surface area contributed by atoms with Gasteiger partial charge in [-0.1, -0.05) is 12.8 Å². The summed E-state index contributed by atoms with van der Waals surface area (Å²) in [6.45, 7) is 5.67. The smallest absolute Gasteiger partial charge is 0.407 e. The lowest BCUT2D eigenvalue weighted by Gasteiger charge is -2.35. The zero-order valence-corrected chi connectivity index (χ0v) is 14.5. The summed E-state index contributed by atoms with van der Waals surface area (Å²) in [5.41, 5.74) is -0.448. The molecule has 128 valence electrons. The first-order valence-corrected chi connectivity index (χ1v) is 8.67. The largest absolute Gasteiger partial charge is 0.444 e. The van der Waals surface area contributed by atoms with Gasteiger partial charge in [-0.25, -0.2) is 4.79 Å². The number of alkyl carbamates (subject to hydrolysis) is 1. The fourth-order valence-corrected chi connectivity index (χ4v) is 3.64. The molecule has 0 radical (unpaired) electrons. The number of hydrogen-bond donors (Lipinski definition) is 2. The number of carbonyl (C=O) groups is 1. The molecule has 0 aromatic heterocycles. The lowest BCUT2D eigenvalue weighted by atomic mass is 9.91. The van der Waals surface area contributed by atoms with Crippen molar-refractivity contribution in [3.8, 4) is 0 Å². The Kier molecular flexibility index (Phi) is 6.09. The molecule has 0 aromatic rings. The lowest BCUT2D eigenvalue weighted by Crippen LogP contribution is -2.54. The van der Waals surface area contributed by atoms with Gasteiger partial charge in [0.2, 0.25) is 0 Å². The molecule has 4 atom stereocenters. The average molecular weight is 312 g/mol. The van der Waals surface area contributed by atoms with Gasteiger partial charge in [-0.15, -0.1) is 0 Å². The van der Waals surface area contributed by atoms with Crippen LogP contribution in [0.5, 0.6) is 0 Å². The maximum absolute atomic E-state index is 12.0. The van der Waals surface area contributed by atoms with Gasteiger partial charge in [-0.2, -0.15) is 0 Å². The number of carbonyl (C=O) groups excluding carboxylic acids is 1. The highest BCUT2D eigenvalue weighted by molar-refractivity contribution is 5.68. The van der Waals surface area contributed by atoms with Crippen LogP contribution in [0.2, 0.25) is 0 Å². The number of methoxy groups -OCH3 is 1. The SMILES string of the molecule is COC1CCCCC1NC1CCCC1NC(=O)OC(C)(C)C. The normalized spacial score (nSPS) is 32.7. The fraction of sp³-hybridized carbons (Fsp3) is 0.941. The maximum Gasteiger partial charge on any atom is 0.407 e. The minimum atomic E-state index is -0.448. The predicted octanol–water partition coefficient (Wildman–Crippen LogP) is 2.98. The van der Waals surface area contributed by atoms with Gasteiger partial charge in [0.05, 0.1) is 6.10 Å². The summed E-state index contributed by atoms with van der Waals surface area (Å²) < 4.78 is 11.0. The van der Waals surface area contributed by atoms with Crippen LogP contribution in [0.15, 0.2) is 0 Å². The quantitative estimate of drug-likeness (QED) is 0.838. The molecule has 22 heavy (non-hydrogen) atoms. The van der Waals surface area contributed by atoms with E-state index in [9.17, 15) is 4.79 Å². The van der Waals surface area contributed by atoms with Gasteiger partial charge in [0, 0.05) is 25.2 Å². The van der Waals surface area contributed by atoms with Crippen molar-refractivity contribution in [1.82, 2.24) is 10.6 Å². The summed E-state index contributed by atoms with van der Waals surface area (Å²) in [6, 6.07) is 0.896. The van der Waals surface area contributed by atoms with Gasteiger partial charge in [-0.05, 0) is 52.9 Å². The predicted molar refractivity (Wildman–Crippen MR) is 87.0 cm³/mol. The van der Waals surface area contributed by atoms with Crippen LogP contribution in [-0.2, 0) is 9.47 Å². The molecule has 0 aliphatic heterocycles. The van der Waals surface area contributed by atoms with Crippen LogP contribution < -0.4 is 10.6 Å². The molecule has 2 aliphatic rings. The monoisotopic (exact) mass is 312 g/mol. The second-order valence-electron chi connectivity index (χ2n) is 7.62. The van der Waals surface area contributed by atoms with Crippen LogP contribution in [0, 0.1) is 0 Å². The lowest BCUT2D eigenvalue weighted by molar-refractivity contribution is 0.0346. The minimum Gasteiger partial charge on any atom is -0.444 e. The van der Waals surface area contributed by atoms with Gasteiger partial charge in [0.25, 0.3) is 0 Å². The van der Waals surface area contributed by atoms with Crippen molar-refractivity contribution in [3.63, 3.8) is 0 Å². The van der Waals surface area contributed by atoms with Crippen LogP contribution in [0.1, 0.15) is 65.7 Å². The first kappa shape index (κ1) is 17.5. The molecule has 2 aliphatic carbocycles. The van der Waals surface area contributed by atoms with E-state index in [0.717, 1.165) is 32.1 Å². The van der Waals surface area contributed by atoms with E-state index in [4.69, 9.17) is 9.47 Å². The summed E-state index contributed by atoms with van der Waals surface area (Å²) in [5, 5.41) is 6.79. The summed E-state index contributed by atoms with van der Waals surface area (Å²) in [5.74, 6) is 0. The molecule has 2 fully saturated rings. The Bertz CT molecular complexity index is 367. The maximum atomic E-state index is 12.0. The summed E-state index contributed by atoms with van der Waals surface area (Å²) in [7, 11) is 1.80. The van der Waals surface area contributed by atoms with Crippen molar-refractivity contribution < 1.29 is 14.3 Å². The third-order valence-corrected chi connectivity index (χ3v) is 4.65. The zero-order chi connectivity index (χ0) is 16.2. The number of amides is 1. The number of ether oxygens (including phenoxy) is 2. The molecule has 0 spiro atoms. The van der Waals surface area contributed by atoms with Gasteiger partial charge in [-0.3, -0.25) is 0 Å². The van der Waals surface area contributed by atoms with Crippen molar-refractivity contribution in [2.24, 2.45) is 0 Å². The van der Waals surface area contributed by atoms with E-state index in [0.29, 0.717) is 18.2 Å². The Labute approximate surface area is 134 Å². The van der Waals surface area contributed by atoms with E-state index in [2.05, 4.69) is 10.6 Å².